The van der Waals surface area contributed by atoms with Crippen molar-refractivity contribution in [3.63, 3.8) is 0 Å². The highest BCUT2D eigenvalue weighted by Crippen LogP contribution is 2.16. The second-order valence-corrected chi connectivity index (χ2v) is 5.46. The van der Waals surface area contributed by atoms with Crippen molar-refractivity contribution in [2.24, 2.45) is 0 Å². The highest BCUT2D eigenvalue weighted by molar-refractivity contribution is 14.1. The van der Waals surface area contributed by atoms with Gasteiger partial charge in [0, 0.05) is 0 Å². The third-order valence-electron chi connectivity index (χ3n) is 2.61. The summed E-state index contributed by atoms with van der Waals surface area (Å²) >= 11 is 2.13. The molecule has 1 rings (SSSR count). The molecule has 1 aromatic rings. The molecule has 4 heteroatoms. The van der Waals surface area contributed by atoms with E-state index in [0.717, 1.165) is 25.0 Å². The number of halogens is 1. The quantitative estimate of drug-likeness (QED) is 0.424. The second-order valence-electron chi connectivity index (χ2n) is 3.96. The van der Waals surface area contributed by atoms with Crippen LogP contribution in [0.2, 0.25) is 0 Å². The van der Waals surface area contributed by atoms with Crippen LogP contribution in [0.15, 0.2) is 24.3 Å². The van der Waals surface area contributed by atoms with E-state index in [1.165, 1.54) is 12.7 Å². The summed E-state index contributed by atoms with van der Waals surface area (Å²) < 4.78 is 10.0. The van der Waals surface area contributed by atoms with E-state index in [2.05, 4.69) is 34.7 Å². The highest BCUT2D eigenvalue weighted by atomic mass is 127. The molecule has 0 spiro atoms. The van der Waals surface area contributed by atoms with E-state index in [9.17, 15) is 4.79 Å². The van der Waals surface area contributed by atoms with Crippen molar-refractivity contribution in [3.05, 3.63) is 29.8 Å². The first-order valence-corrected chi connectivity index (χ1v) is 7.35. The van der Waals surface area contributed by atoms with Crippen LogP contribution < -0.4 is 4.74 Å². The van der Waals surface area contributed by atoms with Crippen molar-refractivity contribution in [2.75, 3.05) is 13.7 Å². The molecule has 0 bridgehead atoms. The summed E-state index contributed by atoms with van der Waals surface area (Å²) in [6, 6.07) is 8.12. The molecule has 18 heavy (non-hydrogen) atoms. The number of rotatable bonds is 7. The third kappa shape index (κ3) is 5.25. The van der Waals surface area contributed by atoms with Crippen LogP contribution in [-0.2, 0) is 16.0 Å². The number of carbonyl (C=O) groups excluding carboxylic acids is 1. The number of carbonyl (C=O) groups is 1. The Morgan fingerprint density at radius 2 is 2.00 bits per heavy atom. The van der Waals surface area contributed by atoms with Crippen molar-refractivity contribution < 1.29 is 14.3 Å². The SMILES string of the molecule is CCOc1ccc(CCCC(I)C(=O)OC)cc1. The first kappa shape index (κ1) is 15.3. The van der Waals surface area contributed by atoms with E-state index in [1.54, 1.807) is 0 Å². The molecule has 0 heterocycles. The van der Waals surface area contributed by atoms with E-state index in [4.69, 9.17) is 9.47 Å². The third-order valence-corrected chi connectivity index (χ3v) is 3.75. The summed E-state index contributed by atoms with van der Waals surface area (Å²) in [6.45, 7) is 2.66. The number of alkyl halides is 1. The summed E-state index contributed by atoms with van der Waals surface area (Å²) in [5, 5.41) is 0. The lowest BCUT2D eigenvalue weighted by atomic mass is 10.1. The van der Waals surface area contributed by atoms with Crippen LogP contribution in [0.4, 0.5) is 0 Å². The Bertz CT molecular complexity index is 362. The minimum Gasteiger partial charge on any atom is -0.494 e. The molecule has 0 N–H and O–H groups in total. The number of esters is 1. The molecule has 0 aromatic heterocycles. The van der Waals surface area contributed by atoms with E-state index >= 15 is 0 Å². The van der Waals surface area contributed by atoms with E-state index < -0.39 is 0 Å². The summed E-state index contributed by atoms with van der Waals surface area (Å²) in [5.74, 6) is 0.768. The van der Waals surface area contributed by atoms with Crippen LogP contribution in [-0.4, -0.2) is 23.6 Å². The normalized spacial score (nSPS) is 11.9. The van der Waals surface area contributed by atoms with Gasteiger partial charge in [0.15, 0.2) is 0 Å². The average Bonchev–Trinajstić information content (AvgIpc) is 2.40. The Morgan fingerprint density at radius 1 is 1.33 bits per heavy atom. The minimum atomic E-state index is -0.137. The number of hydrogen-bond donors (Lipinski definition) is 0. The molecule has 0 aliphatic rings. The smallest absolute Gasteiger partial charge is 0.318 e. The molecular weight excluding hydrogens is 343 g/mol. The fraction of sp³-hybridized carbons (Fsp3) is 0.500. The van der Waals surface area contributed by atoms with E-state index in [1.807, 2.05) is 19.1 Å². The molecule has 0 saturated carbocycles. The summed E-state index contributed by atoms with van der Waals surface area (Å²) in [4.78, 5) is 11.2. The first-order valence-electron chi connectivity index (χ1n) is 6.11. The van der Waals surface area contributed by atoms with Gasteiger partial charge in [0.2, 0.25) is 0 Å². The molecule has 0 aliphatic carbocycles. The predicted molar refractivity (Wildman–Crippen MR) is 80.4 cm³/mol. The molecule has 1 aromatic carbocycles. The van der Waals surface area contributed by atoms with Gasteiger partial charge in [-0.3, -0.25) is 4.79 Å². The molecule has 1 atom stereocenters. The minimum absolute atomic E-state index is 0.0460. The van der Waals surface area contributed by atoms with Crippen molar-refractivity contribution >= 4 is 28.6 Å². The Kier molecular flexibility index (Phi) is 7.08. The second kappa shape index (κ2) is 8.34. The molecular formula is C14H19IO3. The molecule has 0 aliphatic heterocycles. The maximum absolute atomic E-state index is 11.2. The van der Waals surface area contributed by atoms with E-state index in [-0.39, 0.29) is 9.89 Å². The van der Waals surface area contributed by atoms with Crippen molar-refractivity contribution in [2.45, 2.75) is 30.1 Å². The summed E-state index contributed by atoms with van der Waals surface area (Å²) in [5.41, 5.74) is 1.27. The van der Waals surface area contributed by atoms with Crippen LogP contribution in [0, 0.1) is 0 Å². The van der Waals surface area contributed by atoms with Gasteiger partial charge < -0.3 is 9.47 Å². The number of ether oxygens (including phenoxy) is 2. The van der Waals surface area contributed by atoms with Crippen LogP contribution in [0.3, 0.4) is 0 Å². The fourth-order valence-corrected chi connectivity index (χ4v) is 2.34. The number of benzene rings is 1. The molecule has 100 valence electrons. The van der Waals surface area contributed by atoms with Gasteiger partial charge in [0.25, 0.3) is 0 Å². The van der Waals surface area contributed by atoms with Gasteiger partial charge in [-0.25, -0.2) is 0 Å². The number of hydrogen-bond acceptors (Lipinski definition) is 3. The maximum atomic E-state index is 11.2. The molecule has 3 nitrogen and oxygen atoms in total. The van der Waals surface area contributed by atoms with Gasteiger partial charge in [0.05, 0.1) is 13.7 Å². The summed E-state index contributed by atoms with van der Waals surface area (Å²) in [6.07, 6.45) is 2.81. The van der Waals surface area contributed by atoms with E-state index in [0.29, 0.717) is 6.61 Å². The van der Waals surface area contributed by atoms with Gasteiger partial charge in [-0.1, -0.05) is 34.7 Å². The monoisotopic (exact) mass is 362 g/mol. The average molecular weight is 362 g/mol. The zero-order valence-electron chi connectivity index (χ0n) is 10.8. The number of aryl methyl sites for hydroxylation is 1. The van der Waals surface area contributed by atoms with Crippen molar-refractivity contribution in [3.8, 4) is 5.75 Å². The largest absolute Gasteiger partial charge is 0.494 e. The van der Waals surface area contributed by atoms with Gasteiger partial charge in [-0.2, -0.15) is 0 Å². The standard InChI is InChI=1S/C14H19IO3/c1-3-18-12-9-7-11(8-10-12)5-4-6-13(15)14(16)17-2/h7-10,13H,3-6H2,1-2H3. The van der Waals surface area contributed by atoms with Crippen LogP contribution in [0.25, 0.3) is 0 Å². The zero-order chi connectivity index (χ0) is 13.4. The van der Waals surface area contributed by atoms with Crippen molar-refractivity contribution in [1.82, 2.24) is 0 Å². The topological polar surface area (TPSA) is 35.5 Å². The Labute approximate surface area is 122 Å². The number of methoxy groups -OCH3 is 1. The van der Waals surface area contributed by atoms with Gasteiger partial charge >= 0.3 is 5.97 Å². The van der Waals surface area contributed by atoms with Crippen LogP contribution in [0.1, 0.15) is 25.3 Å². The lowest BCUT2D eigenvalue weighted by Gasteiger charge is -2.08. The van der Waals surface area contributed by atoms with Gasteiger partial charge in [0.1, 0.15) is 9.67 Å². The van der Waals surface area contributed by atoms with Gasteiger partial charge in [-0.15, -0.1) is 0 Å². The predicted octanol–water partition coefficient (Wildman–Crippen LogP) is 3.38. The fourth-order valence-electron chi connectivity index (χ4n) is 1.65. The highest BCUT2D eigenvalue weighted by Gasteiger charge is 2.13. The Balaban J connectivity index is 2.33. The Morgan fingerprint density at radius 3 is 2.56 bits per heavy atom. The Hall–Kier alpha value is -0.780. The van der Waals surface area contributed by atoms with Crippen LogP contribution in [0.5, 0.6) is 5.75 Å². The van der Waals surface area contributed by atoms with Crippen LogP contribution >= 0.6 is 22.6 Å². The lowest BCUT2D eigenvalue weighted by Crippen LogP contribution is -2.15. The lowest BCUT2D eigenvalue weighted by molar-refractivity contribution is -0.139. The maximum Gasteiger partial charge on any atom is 0.318 e. The molecule has 1 unspecified atom stereocenters. The molecule has 0 saturated heterocycles. The zero-order valence-corrected chi connectivity index (χ0v) is 13.0. The molecule has 0 radical (unpaired) electrons. The molecule has 0 fully saturated rings. The summed E-state index contributed by atoms with van der Waals surface area (Å²) in [7, 11) is 1.43. The molecule has 0 amide bonds. The first-order chi connectivity index (χ1) is 8.67. The van der Waals surface area contributed by atoms with Gasteiger partial charge in [-0.05, 0) is 43.9 Å². The van der Waals surface area contributed by atoms with Crippen molar-refractivity contribution in [1.29, 1.82) is 0 Å².